The number of ether oxygens (including phenoxy) is 1. The molecule has 5 nitrogen and oxygen atoms in total. The molecule has 1 aromatic rings. The maximum absolute atomic E-state index is 11.3. The van der Waals surface area contributed by atoms with Gasteiger partial charge in [-0.15, -0.1) is 0 Å². The van der Waals surface area contributed by atoms with Crippen molar-refractivity contribution < 1.29 is 9.53 Å². The van der Waals surface area contributed by atoms with E-state index >= 15 is 0 Å². The highest BCUT2D eigenvalue weighted by atomic mass is 16.5. The molecule has 0 aliphatic carbocycles. The van der Waals surface area contributed by atoms with Crippen LogP contribution in [0.25, 0.3) is 0 Å². The van der Waals surface area contributed by atoms with Crippen LogP contribution in [0.15, 0.2) is 18.3 Å². The van der Waals surface area contributed by atoms with Crippen molar-refractivity contribution in [2.24, 2.45) is 5.92 Å². The highest BCUT2D eigenvalue weighted by Gasteiger charge is 2.15. The number of pyridine rings is 1. The molecule has 0 aromatic carbocycles. The number of carbonyl (C=O) groups is 1. The molecule has 0 spiro atoms. The summed E-state index contributed by atoms with van der Waals surface area (Å²) in [6.45, 7) is 2.33. The van der Waals surface area contributed by atoms with E-state index in [1.165, 1.54) is 7.11 Å². The van der Waals surface area contributed by atoms with Crippen LogP contribution in [0, 0.1) is 17.2 Å². The summed E-state index contributed by atoms with van der Waals surface area (Å²) >= 11 is 0. The van der Waals surface area contributed by atoms with Gasteiger partial charge in [-0.05, 0) is 12.1 Å². The second-order valence-corrected chi connectivity index (χ2v) is 3.82. The zero-order chi connectivity index (χ0) is 12.8. The van der Waals surface area contributed by atoms with Crippen molar-refractivity contribution in [1.82, 2.24) is 4.98 Å². The molecule has 1 unspecified atom stereocenters. The molecule has 1 rings (SSSR count). The van der Waals surface area contributed by atoms with Crippen molar-refractivity contribution in [2.75, 3.05) is 25.6 Å². The first kappa shape index (κ1) is 13.0. The third-order valence-electron chi connectivity index (χ3n) is 2.45. The lowest BCUT2D eigenvalue weighted by molar-refractivity contribution is -0.144. The van der Waals surface area contributed by atoms with Crippen molar-refractivity contribution >= 4 is 11.7 Å². The second kappa shape index (κ2) is 5.85. The summed E-state index contributed by atoms with van der Waals surface area (Å²) in [4.78, 5) is 17.1. The van der Waals surface area contributed by atoms with Crippen LogP contribution in [0.4, 0.5) is 5.69 Å². The van der Waals surface area contributed by atoms with Gasteiger partial charge in [0, 0.05) is 25.5 Å². The van der Waals surface area contributed by atoms with E-state index in [1.807, 2.05) is 18.0 Å². The Kier molecular flexibility index (Phi) is 4.46. The van der Waals surface area contributed by atoms with E-state index in [0.29, 0.717) is 12.2 Å². The Hall–Kier alpha value is -2.09. The highest BCUT2D eigenvalue weighted by Crippen LogP contribution is 2.14. The summed E-state index contributed by atoms with van der Waals surface area (Å²) < 4.78 is 4.66. The van der Waals surface area contributed by atoms with Crippen molar-refractivity contribution in [3.05, 3.63) is 24.0 Å². The third-order valence-corrected chi connectivity index (χ3v) is 2.45. The standard InChI is InChI=1S/C12H15N3O2/c1-9(12(16)17-3)8-15(2)11-4-5-14-10(6-11)7-13/h4-6,9H,8H2,1-3H3. The molecule has 0 amide bonds. The Morgan fingerprint density at radius 1 is 1.71 bits per heavy atom. The van der Waals surface area contributed by atoms with Gasteiger partial charge in [0.05, 0.1) is 13.0 Å². The van der Waals surface area contributed by atoms with Gasteiger partial charge in [-0.3, -0.25) is 4.79 Å². The smallest absolute Gasteiger partial charge is 0.310 e. The molecule has 1 atom stereocenters. The number of esters is 1. The number of carbonyl (C=O) groups excluding carboxylic acids is 1. The van der Waals surface area contributed by atoms with E-state index in [0.717, 1.165) is 5.69 Å². The topological polar surface area (TPSA) is 66.2 Å². The van der Waals surface area contributed by atoms with E-state index in [9.17, 15) is 4.79 Å². The van der Waals surface area contributed by atoms with Gasteiger partial charge in [-0.2, -0.15) is 5.26 Å². The summed E-state index contributed by atoms with van der Waals surface area (Å²) in [6, 6.07) is 5.46. The van der Waals surface area contributed by atoms with Gasteiger partial charge < -0.3 is 9.64 Å². The Morgan fingerprint density at radius 3 is 3.00 bits per heavy atom. The molecule has 1 heterocycles. The summed E-state index contributed by atoms with van der Waals surface area (Å²) in [5.74, 6) is -0.463. The summed E-state index contributed by atoms with van der Waals surface area (Å²) in [7, 11) is 3.23. The fourth-order valence-electron chi connectivity index (χ4n) is 1.51. The fourth-order valence-corrected chi connectivity index (χ4v) is 1.51. The predicted molar refractivity (Wildman–Crippen MR) is 63.4 cm³/mol. The van der Waals surface area contributed by atoms with Gasteiger partial charge in [0.1, 0.15) is 11.8 Å². The lowest BCUT2D eigenvalue weighted by atomic mass is 10.1. The molecule has 0 saturated heterocycles. The van der Waals surface area contributed by atoms with E-state index in [1.54, 1.807) is 25.3 Å². The second-order valence-electron chi connectivity index (χ2n) is 3.82. The maximum Gasteiger partial charge on any atom is 0.310 e. The first-order valence-electron chi connectivity index (χ1n) is 5.23. The van der Waals surface area contributed by atoms with Crippen LogP contribution in [0.1, 0.15) is 12.6 Å². The van der Waals surface area contributed by atoms with Gasteiger partial charge >= 0.3 is 5.97 Å². The maximum atomic E-state index is 11.3. The van der Waals surface area contributed by atoms with E-state index in [2.05, 4.69) is 9.72 Å². The molecule has 0 saturated carbocycles. The quantitative estimate of drug-likeness (QED) is 0.731. The molecular formula is C12H15N3O2. The predicted octanol–water partition coefficient (Wildman–Crippen LogP) is 1.20. The molecule has 17 heavy (non-hydrogen) atoms. The van der Waals surface area contributed by atoms with Gasteiger partial charge in [0.2, 0.25) is 0 Å². The molecule has 0 radical (unpaired) electrons. The molecule has 0 aliphatic rings. The van der Waals surface area contributed by atoms with E-state index in [-0.39, 0.29) is 11.9 Å². The molecule has 0 fully saturated rings. The van der Waals surface area contributed by atoms with Gasteiger partial charge in [0.25, 0.3) is 0 Å². The fraction of sp³-hybridized carbons (Fsp3) is 0.417. The zero-order valence-electron chi connectivity index (χ0n) is 10.2. The average molecular weight is 233 g/mol. The Labute approximate surface area is 101 Å². The largest absolute Gasteiger partial charge is 0.469 e. The Morgan fingerprint density at radius 2 is 2.41 bits per heavy atom. The summed E-state index contributed by atoms with van der Waals surface area (Å²) in [5.41, 5.74) is 1.22. The number of hydrogen-bond acceptors (Lipinski definition) is 5. The van der Waals surface area contributed by atoms with Crippen LogP contribution in [0.3, 0.4) is 0 Å². The number of aromatic nitrogens is 1. The van der Waals surface area contributed by atoms with Crippen LogP contribution in [0.2, 0.25) is 0 Å². The van der Waals surface area contributed by atoms with Crippen molar-refractivity contribution in [3.8, 4) is 6.07 Å². The van der Waals surface area contributed by atoms with Crippen LogP contribution in [0.5, 0.6) is 0 Å². The minimum atomic E-state index is -0.244. The first-order valence-corrected chi connectivity index (χ1v) is 5.23. The van der Waals surface area contributed by atoms with Crippen LogP contribution < -0.4 is 4.90 Å². The van der Waals surface area contributed by atoms with Crippen LogP contribution in [-0.4, -0.2) is 31.7 Å². The molecule has 1 aromatic heterocycles. The van der Waals surface area contributed by atoms with Crippen molar-refractivity contribution in [1.29, 1.82) is 5.26 Å². The number of nitrogens with zero attached hydrogens (tertiary/aromatic N) is 3. The Bertz CT molecular complexity index is 440. The number of hydrogen-bond donors (Lipinski definition) is 0. The molecule has 5 heteroatoms. The van der Waals surface area contributed by atoms with Crippen molar-refractivity contribution in [3.63, 3.8) is 0 Å². The monoisotopic (exact) mass is 233 g/mol. The molecule has 90 valence electrons. The molecule has 0 aliphatic heterocycles. The van der Waals surface area contributed by atoms with E-state index < -0.39 is 0 Å². The molecule has 0 N–H and O–H groups in total. The van der Waals surface area contributed by atoms with Gasteiger partial charge in [0.15, 0.2) is 0 Å². The summed E-state index contributed by atoms with van der Waals surface area (Å²) in [6.07, 6.45) is 1.58. The van der Waals surface area contributed by atoms with Crippen LogP contribution in [-0.2, 0) is 9.53 Å². The lowest BCUT2D eigenvalue weighted by Crippen LogP contribution is -2.29. The normalized spacial score (nSPS) is 11.4. The minimum absolute atomic E-state index is 0.219. The van der Waals surface area contributed by atoms with E-state index in [4.69, 9.17) is 5.26 Å². The van der Waals surface area contributed by atoms with Crippen LogP contribution >= 0.6 is 0 Å². The number of methoxy groups -OCH3 is 1. The number of anilines is 1. The molecule has 0 bridgehead atoms. The number of rotatable bonds is 4. The van der Waals surface area contributed by atoms with Crippen molar-refractivity contribution in [2.45, 2.75) is 6.92 Å². The summed E-state index contributed by atoms with van der Waals surface area (Å²) in [5, 5.41) is 8.75. The lowest BCUT2D eigenvalue weighted by Gasteiger charge is -2.22. The SMILES string of the molecule is COC(=O)C(C)CN(C)c1ccnc(C#N)c1. The highest BCUT2D eigenvalue weighted by molar-refractivity contribution is 5.72. The van der Waals surface area contributed by atoms with Gasteiger partial charge in [-0.1, -0.05) is 6.92 Å². The Balaban J connectivity index is 2.73. The third kappa shape index (κ3) is 3.45. The number of nitriles is 1. The first-order chi connectivity index (χ1) is 8.08. The van der Waals surface area contributed by atoms with Gasteiger partial charge in [-0.25, -0.2) is 4.98 Å². The molecular weight excluding hydrogens is 218 g/mol. The minimum Gasteiger partial charge on any atom is -0.469 e. The average Bonchev–Trinajstić information content (AvgIpc) is 2.37. The zero-order valence-corrected chi connectivity index (χ0v) is 10.2.